The van der Waals surface area contributed by atoms with Crippen LogP contribution in [0.4, 0.5) is 5.69 Å². The summed E-state index contributed by atoms with van der Waals surface area (Å²) in [6.07, 6.45) is 2.92. The highest BCUT2D eigenvalue weighted by Crippen LogP contribution is 2.42. The molecular weight excluding hydrogens is 352 g/mol. The van der Waals surface area contributed by atoms with Gasteiger partial charge >= 0.3 is 0 Å². The maximum atomic E-state index is 5.96. The Labute approximate surface area is 166 Å². The summed E-state index contributed by atoms with van der Waals surface area (Å²) in [5.41, 5.74) is 11.1. The summed E-state index contributed by atoms with van der Waals surface area (Å²) in [7, 11) is 2.17. The van der Waals surface area contributed by atoms with E-state index in [-0.39, 0.29) is 5.54 Å². The first kappa shape index (κ1) is 19.5. The van der Waals surface area contributed by atoms with E-state index >= 15 is 0 Å². The minimum absolute atomic E-state index is 0.177. The summed E-state index contributed by atoms with van der Waals surface area (Å²) >= 11 is 1.50. The predicted octanol–water partition coefficient (Wildman–Crippen LogP) is 4.99. The van der Waals surface area contributed by atoms with Crippen molar-refractivity contribution in [1.29, 1.82) is 0 Å². The molecule has 27 heavy (non-hydrogen) atoms. The van der Waals surface area contributed by atoms with Crippen molar-refractivity contribution in [2.75, 3.05) is 11.9 Å². The van der Waals surface area contributed by atoms with Crippen LogP contribution in [-0.2, 0) is 5.75 Å². The van der Waals surface area contributed by atoms with Gasteiger partial charge < -0.3 is 10.6 Å². The Morgan fingerprint density at radius 1 is 1.26 bits per heavy atom. The van der Waals surface area contributed by atoms with Crippen LogP contribution < -0.4 is 10.6 Å². The third-order valence-corrected chi connectivity index (χ3v) is 6.11. The number of benzene rings is 2. The van der Waals surface area contributed by atoms with Crippen LogP contribution in [0.25, 0.3) is 0 Å². The fourth-order valence-electron chi connectivity index (χ4n) is 3.59. The highest BCUT2D eigenvalue weighted by molar-refractivity contribution is 8.13. The highest BCUT2D eigenvalue weighted by atomic mass is 32.2. The van der Waals surface area contributed by atoms with Gasteiger partial charge in [0.1, 0.15) is 0 Å². The maximum absolute atomic E-state index is 5.96. The van der Waals surface area contributed by atoms with Gasteiger partial charge in [-0.25, -0.2) is 0 Å². The summed E-state index contributed by atoms with van der Waals surface area (Å²) < 4.78 is 0. The Balaban J connectivity index is 1.66. The number of anilines is 1. The van der Waals surface area contributed by atoms with E-state index in [4.69, 9.17) is 5.73 Å². The van der Waals surface area contributed by atoms with Crippen molar-refractivity contribution >= 4 is 28.8 Å². The quantitative estimate of drug-likeness (QED) is 0.462. The Morgan fingerprint density at radius 3 is 2.74 bits per heavy atom. The molecule has 1 aliphatic heterocycles. The van der Waals surface area contributed by atoms with Crippen molar-refractivity contribution in [2.45, 2.75) is 44.4 Å². The lowest BCUT2D eigenvalue weighted by molar-refractivity contribution is 0.395. The Bertz CT molecular complexity index is 843. The van der Waals surface area contributed by atoms with Crippen LogP contribution >= 0.6 is 11.8 Å². The van der Waals surface area contributed by atoms with E-state index in [2.05, 4.69) is 73.3 Å². The lowest BCUT2D eigenvalue weighted by Crippen LogP contribution is -2.45. The lowest BCUT2D eigenvalue weighted by Gasteiger charge is -2.45. The Hall–Kier alpha value is -2.27. The van der Waals surface area contributed by atoms with Crippen LogP contribution in [0.2, 0.25) is 0 Å². The zero-order valence-corrected chi connectivity index (χ0v) is 17.3. The summed E-state index contributed by atoms with van der Waals surface area (Å²) in [4.78, 5) is 2.37. The average molecular weight is 381 g/mol. The minimum Gasteiger partial charge on any atom is -0.377 e. The van der Waals surface area contributed by atoms with Crippen LogP contribution in [0.3, 0.4) is 0 Å². The average Bonchev–Trinajstić information content (AvgIpc) is 2.65. The first-order valence-electron chi connectivity index (χ1n) is 9.28. The van der Waals surface area contributed by atoms with Crippen LogP contribution in [0.1, 0.15) is 49.8 Å². The van der Waals surface area contributed by atoms with Crippen LogP contribution in [0.5, 0.6) is 0 Å². The van der Waals surface area contributed by atoms with E-state index in [1.165, 1.54) is 28.6 Å². The molecule has 4 nitrogen and oxygen atoms in total. The van der Waals surface area contributed by atoms with E-state index in [9.17, 15) is 0 Å². The molecule has 0 amide bonds. The summed E-state index contributed by atoms with van der Waals surface area (Å²) in [5, 5.41) is 8.77. The first-order chi connectivity index (χ1) is 12.9. The molecule has 0 aromatic heterocycles. The van der Waals surface area contributed by atoms with Gasteiger partial charge in [0.05, 0.1) is 6.21 Å². The zero-order chi connectivity index (χ0) is 19.4. The monoisotopic (exact) mass is 380 g/mol. The van der Waals surface area contributed by atoms with Gasteiger partial charge in [0.25, 0.3) is 0 Å². The molecule has 1 atom stereocenters. The smallest absolute Gasteiger partial charge is 0.180 e. The number of amidine groups is 1. The van der Waals surface area contributed by atoms with Crippen molar-refractivity contribution in [3.8, 4) is 0 Å². The standard InChI is InChI=1S/C22H28N4S/c1-16-13-22(2,3)26(4)20-11-10-18(12-19(16)20)14-24-25-21(23)27-15-17-8-6-5-7-9-17/h5-12,14,16H,13,15H2,1-4H3,(H2,23,25). The van der Waals surface area contributed by atoms with Gasteiger partial charge in [-0.1, -0.05) is 55.1 Å². The molecule has 0 aliphatic carbocycles. The second-order valence-corrected chi connectivity index (χ2v) is 8.75. The third-order valence-electron chi connectivity index (χ3n) is 5.25. The molecule has 1 heterocycles. The van der Waals surface area contributed by atoms with Crippen LogP contribution in [-0.4, -0.2) is 24.0 Å². The number of nitrogens with two attached hydrogens (primary N) is 1. The Kier molecular flexibility index (Phi) is 5.90. The number of thioether (sulfide) groups is 1. The van der Waals surface area contributed by atoms with E-state index in [1.54, 1.807) is 6.21 Å². The molecule has 3 rings (SSSR count). The molecule has 2 N–H and O–H groups in total. The van der Waals surface area contributed by atoms with E-state index in [1.807, 2.05) is 18.2 Å². The number of nitrogens with zero attached hydrogens (tertiary/aromatic N) is 3. The first-order valence-corrected chi connectivity index (χ1v) is 10.3. The second-order valence-electron chi connectivity index (χ2n) is 7.75. The highest BCUT2D eigenvalue weighted by Gasteiger charge is 2.33. The molecule has 0 spiro atoms. The van der Waals surface area contributed by atoms with Crippen molar-refractivity contribution in [1.82, 2.24) is 0 Å². The number of rotatable bonds is 4. The van der Waals surface area contributed by atoms with Crippen molar-refractivity contribution in [3.05, 3.63) is 65.2 Å². The molecule has 5 heteroatoms. The van der Waals surface area contributed by atoms with E-state index < -0.39 is 0 Å². The molecule has 1 unspecified atom stereocenters. The van der Waals surface area contributed by atoms with E-state index in [0.29, 0.717) is 11.1 Å². The normalized spacial score (nSPS) is 19.3. The Morgan fingerprint density at radius 2 is 2.00 bits per heavy atom. The SMILES string of the molecule is CC1CC(C)(C)N(C)c2ccc(C=NN=C(N)SCc3ccccc3)cc21. The predicted molar refractivity (Wildman–Crippen MR) is 119 cm³/mol. The van der Waals surface area contributed by atoms with Gasteiger partial charge in [0, 0.05) is 24.0 Å². The van der Waals surface area contributed by atoms with Gasteiger partial charge in [-0.15, -0.1) is 5.10 Å². The van der Waals surface area contributed by atoms with Crippen LogP contribution in [0.15, 0.2) is 58.7 Å². The maximum Gasteiger partial charge on any atom is 0.180 e. The van der Waals surface area contributed by atoms with Gasteiger partial charge in [0.15, 0.2) is 5.17 Å². The second kappa shape index (κ2) is 8.17. The van der Waals surface area contributed by atoms with Crippen LogP contribution in [0, 0.1) is 0 Å². The fraction of sp³-hybridized carbons (Fsp3) is 0.364. The summed E-state index contributed by atoms with van der Waals surface area (Å²) in [5.74, 6) is 1.32. The number of fused-ring (bicyclic) bond motifs is 1. The van der Waals surface area contributed by atoms with Crippen molar-refractivity contribution < 1.29 is 0 Å². The lowest BCUT2D eigenvalue weighted by atomic mass is 9.80. The van der Waals surface area contributed by atoms with Gasteiger partial charge in [0.2, 0.25) is 0 Å². The third kappa shape index (κ3) is 4.72. The molecule has 0 saturated carbocycles. The molecule has 0 radical (unpaired) electrons. The molecule has 1 aliphatic rings. The fourth-order valence-corrected chi connectivity index (χ4v) is 4.20. The van der Waals surface area contributed by atoms with E-state index in [0.717, 1.165) is 17.7 Å². The topological polar surface area (TPSA) is 54.0 Å². The summed E-state index contributed by atoms with van der Waals surface area (Å²) in [6.45, 7) is 6.89. The number of hydrogen-bond donors (Lipinski definition) is 1. The molecule has 142 valence electrons. The molecule has 0 saturated heterocycles. The largest absolute Gasteiger partial charge is 0.377 e. The molecule has 2 aromatic carbocycles. The molecular formula is C22H28N4S. The van der Waals surface area contributed by atoms with Crippen molar-refractivity contribution in [2.24, 2.45) is 15.9 Å². The van der Waals surface area contributed by atoms with Crippen molar-refractivity contribution in [3.63, 3.8) is 0 Å². The van der Waals surface area contributed by atoms with Gasteiger partial charge in [-0.3, -0.25) is 0 Å². The number of hydrogen-bond acceptors (Lipinski definition) is 4. The molecule has 2 aromatic rings. The molecule has 0 bridgehead atoms. The van der Waals surface area contributed by atoms with Gasteiger partial charge in [-0.2, -0.15) is 5.10 Å². The van der Waals surface area contributed by atoms with Gasteiger partial charge in [-0.05, 0) is 55.0 Å². The molecule has 0 fully saturated rings. The zero-order valence-electron chi connectivity index (χ0n) is 16.5. The summed E-state index contributed by atoms with van der Waals surface area (Å²) in [6, 6.07) is 16.7. The minimum atomic E-state index is 0.177.